The number of nitrogens with one attached hydrogen (secondary N) is 1. The van der Waals surface area contributed by atoms with Crippen molar-refractivity contribution in [3.8, 4) is 0 Å². The molecule has 0 aliphatic heterocycles. The van der Waals surface area contributed by atoms with Crippen LogP contribution in [0.25, 0.3) is 0 Å². The molecule has 1 amide bonds. The van der Waals surface area contributed by atoms with E-state index < -0.39 is 17.9 Å². The molecule has 21 heavy (non-hydrogen) atoms. The van der Waals surface area contributed by atoms with Crippen LogP contribution in [0.2, 0.25) is 5.02 Å². The van der Waals surface area contributed by atoms with E-state index in [1.165, 1.54) is 22.2 Å². The van der Waals surface area contributed by atoms with Crippen molar-refractivity contribution in [2.45, 2.75) is 25.9 Å². The van der Waals surface area contributed by atoms with Crippen LogP contribution in [0, 0.1) is 0 Å². The van der Waals surface area contributed by atoms with Gasteiger partial charge in [-0.25, -0.2) is 0 Å². The minimum absolute atomic E-state index is 0.190. The summed E-state index contributed by atoms with van der Waals surface area (Å²) in [4.78, 5) is 24.1. The Balaban J connectivity index is 2.22. The highest BCUT2D eigenvalue weighted by atomic mass is 35.5. The molecule has 1 unspecified atom stereocenters. The van der Waals surface area contributed by atoms with E-state index in [0.29, 0.717) is 6.54 Å². The lowest BCUT2D eigenvalue weighted by molar-refractivity contribution is -0.137. The zero-order valence-electron chi connectivity index (χ0n) is 11.2. The number of rotatable bonds is 6. The molecular formula is C13H14ClN3O3S. The Bertz CT molecular complexity index is 639. The Morgan fingerprint density at radius 3 is 2.90 bits per heavy atom. The smallest absolute Gasteiger partial charge is 0.305 e. The van der Waals surface area contributed by atoms with Crippen LogP contribution in [0.1, 0.15) is 34.8 Å². The summed E-state index contributed by atoms with van der Waals surface area (Å²) >= 11 is 7.37. The van der Waals surface area contributed by atoms with E-state index in [2.05, 4.69) is 10.4 Å². The van der Waals surface area contributed by atoms with Gasteiger partial charge in [0.1, 0.15) is 5.69 Å². The molecule has 2 N–H and O–H groups in total. The van der Waals surface area contributed by atoms with Crippen molar-refractivity contribution >= 4 is 34.8 Å². The van der Waals surface area contributed by atoms with Crippen molar-refractivity contribution < 1.29 is 14.7 Å². The number of aliphatic carboxylic acids is 1. The molecule has 0 spiro atoms. The first-order chi connectivity index (χ1) is 10.0. The number of halogens is 1. The first kappa shape index (κ1) is 15.5. The maximum atomic E-state index is 12.3. The molecule has 0 saturated carbocycles. The third-order valence-electron chi connectivity index (χ3n) is 2.88. The number of carboxylic acids is 1. The van der Waals surface area contributed by atoms with E-state index >= 15 is 0 Å². The van der Waals surface area contributed by atoms with E-state index in [9.17, 15) is 9.59 Å². The normalized spacial score (nSPS) is 12.1. The number of carbonyl (C=O) groups excluding carboxylic acids is 1. The summed E-state index contributed by atoms with van der Waals surface area (Å²) in [6.45, 7) is 2.34. The van der Waals surface area contributed by atoms with E-state index in [0.717, 1.165) is 4.88 Å². The molecule has 0 saturated heterocycles. The number of aromatic nitrogens is 2. The molecule has 2 rings (SSSR count). The highest BCUT2D eigenvalue weighted by molar-refractivity contribution is 7.10. The molecule has 2 aromatic heterocycles. The largest absolute Gasteiger partial charge is 0.481 e. The summed E-state index contributed by atoms with van der Waals surface area (Å²) in [5, 5.41) is 17.8. The molecule has 0 radical (unpaired) electrons. The summed E-state index contributed by atoms with van der Waals surface area (Å²) in [6.07, 6.45) is 1.21. The average Bonchev–Trinajstić information content (AvgIpc) is 3.06. The van der Waals surface area contributed by atoms with E-state index in [-0.39, 0.29) is 17.1 Å². The molecule has 8 heteroatoms. The molecule has 0 fully saturated rings. The van der Waals surface area contributed by atoms with Crippen LogP contribution in [-0.4, -0.2) is 26.8 Å². The number of aryl methyl sites for hydroxylation is 1. The third-order valence-corrected chi connectivity index (χ3v) is 4.14. The number of hydrogen-bond donors (Lipinski definition) is 2. The van der Waals surface area contributed by atoms with Gasteiger partial charge in [-0.3, -0.25) is 14.3 Å². The van der Waals surface area contributed by atoms with Gasteiger partial charge in [-0.2, -0.15) is 5.10 Å². The van der Waals surface area contributed by atoms with Gasteiger partial charge in [-0.15, -0.1) is 11.3 Å². The lowest BCUT2D eigenvalue weighted by Gasteiger charge is -2.16. The van der Waals surface area contributed by atoms with E-state index in [1.54, 1.807) is 6.07 Å². The second kappa shape index (κ2) is 6.73. The highest BCUT2D eigenvalue weighted by Crippen LogP contribution is 2.23. The van der Waals surface area contributed by atoms with Crippen LogP contribution in [0.5, 0.6) is 0 Å². The predicted molar refractivity (Wildman–Crippen MR) is 79.7 cm³/mol. The lowest BCUT2D eigenvalue weighted by Crippen LogP contribution is -2.31. The number of hydrogen-bond acceptors (Lipinski definition) is 4. The van der Waals surface area contributed by atoms with Crippen LogP contribution in [0.15, 0.2) is 23.7 Å². The molecule has 0 aliphatic rings. The Kier molecular flexibility index (Phi) is 4.98. The van der Waals surface area contributed by atoms with Crippen molar-refractivity contribution in [2.75, 3.05) is 0 Å². The van der Waals surface area contributed by atoms with Crippen molar-refractivity contribution in [3.63, 3.8) is 0 Å². The highest BCUT2D eigenvalue weighted by Gasteiger charge is 2.23. The molecule has 112 valence electrons. The van der Waals surface area contributed by atoms with Crippen molar-refractivity contribution in [3.05, 3.63) is 39.3 Å². The summed E-state index contributed by atoms with van der Waals surface area (Å²) in [5.41, 5.74) is 0.242. The van der Waals surface area contributed by atoms with Gasteiger partial charge >= 0.3 is 5.97 Å². The Labute approximate surface area is 130 Å². The number of thiophene rings is 1. The van der Waals surface area contributed by atoms with E-state index in [4.69, 9.17) is 16.7 Å². The molecule has 0 bridgehead atoms. The zero-order valence-corrected chi connectivity index (χ0v) is 12.8. The van der Waals surface area contributed by atoms with Gasteiger partial charge in [0.25, 0.3) is 5.91 Å². The number of amides is 1. The maximum absolute atomic E-state index is 12.3. The third kappa shape index (κ3) is 3.62. The molecule has 2 heterocycles. The van der Waals surface area contributed by atoms with Crippen molar-refractivity contribution in [2.24, 2.45) is 0 Å². The van der Waals surface area contributed by atoms with Crippen LogP contribution in [0.3, 0.4) is 0 Å². The first-order valence-electron chi connectivity index (χ1n) is 6.30. The van der Waals surface area contributed by atoms with Gasteiger partial charge in [0.2, 0.25) is 0 Å². The fourth-order valence-electron chi connectivity index (χ4n) is 1.94. The molecular weight excluding hydrogens is 314 g/mol. The molecule has 1 atom stereocenters. The van der Waals surface area contributed by atoms with Crippen molar-refractivity contribution in [1.29, 1.82) is 0 Å². The summed E-state index contributed by atoms with van der Waals surface area (Å²) in [5.74, 6) is -1.41. The molecule has 2 aromatic rings. The molecule has 0 aliphatic carbocycles. The Hall–Kier alpha value is -1.86. The predicted octanol–water partition coefficient (Wildman–Crippen LogP) is 2.56. The lowest BCUT2D eigenvalue weighted by atomic mass is 10.1. The quantitative estimate of drug-likeness (QED) is 0.854. The standard InChI is InChI=1S/C13H14ClN3O3S/c1-2-17-12(8(14)7-15-17)13(20)16-9(6-11(18)19)10-4-3-5-21-10/h3-5,7,9H,2,6H2,1H3,(H,16,20)(H,18,19). The van der Waals surface area contributed by atoms with Crippen LogP contribution in [0.4, 0.5) is 0 Å². The first-order valence-corrected chi connectivity index (χ1v) is 7.56. The van der Waals surface area contributed by atoms with Crippen LogP contribution < -0.4 is 5.32 Å². The number of nitrogens with zero attached hydrogens (tertiary/aromatic N) is 2. The van der Waals surface area contributed by atoms with Crippen LogP contribution >= 0.6 is 22.9 Å². The minimum atomic E-state index is -0.983. The van der Waals surface area contributed by atoms with Gasteiger partial charge in [-0.1, -0.05) is 17.7 Å². The van der Waals surface area contributed by atoms with Gasteiger partial charge in [0, 0.05) is 11.4 Å². The summed E-state index contributed by atoms with van der Waals surface area (Å²) in [7, 11) is 0. The van der Waals surface area contributed by atoms with Gasteiger partial charge in [-0.05, 0) is 18.4 Å². The van der Waals surface area contributed by atoms with Gasteiger partial charge < -0.3 is 10.4 Å². The Morgan fingerprint density at radius 1 is 1.57 bits per heavy atom. The minimum Gasteiger partial charge on any atom is -0.481 e. The fourth-order valence-corrected chi connectivity index (χ4v) is 2.95. The number of carboxylic acid groups (broad SMARTS) is 1. The van der Waals surface area contributed by atoms with Gasteiger partial charge in [0.05, 0.1) is 23.7 Å². The van der Waals surface area contributed by atoms with Crippen molar-refractivity contribution in [1.82, 2.24) is 15.1 Å². The Morgan fingerprint density at radius 2 is 2.33 bits per heavy atom. The summed E-state index contributed by atoms with van der Waals surface area (Å²) < 4.78 is 1.48. The average molecular weight is 328 g/mol. The monoisotopic (exact) mass is 327 g/mol. The second-order valence-corrected chi connectivity index (χ2v) is 5.68. The summed E-state index contributed by atoms with van der Waals surface area (Å²) in [6, 6.07) is 3.01. The van der Waals surface area contributed by atoms with Crippen LogP contribution in [-0.2, 0) is 11.3 Å². The SMILES string of the molecule is CCn1ncc(Cl)c1C(=O)NC(CC(=O)O)c1cccs1. The zero-order chi connectivity index (χ0) is 15.4. The van der Waals surface area contributed by atoms with E-state index in [1.807, 2.05) is 18.4 Å². The fraction of sp³-hybridized carbons (Fsp3) is 0.308. The molecule has 0 aromatic carbocycles. The topological polar surface area (TPSA) is 84.2 Å². The van der Waals surface area contributed by atoms with Gasteiger partial charge in [0.15, 0.2) is 0 Å². The number of carbonyl (C=O) groups is 2. The second-order valence-electron chi connectivity index (χ2n) is 4.30. The molecule has 6 nitrogen and oxygen atoms in total. The maximum Gasteiger partial charge on any atom is 0.305 e.